The Morgan fingerprint density at radius 1 is 1.10 bits per heavy atom. The van der Waals surface area contributed by atoms with Gasteiger partial charge in [-0.25, -0.2) is 0 Å². The average Bonchev–Trinajstić information content (AvgIpc) is 2.82. The zero-order chi connectivity index (χ0) is 21.6. The Bertz CT molecular complexity index is 1040. The molecule has 0 saturated carbocycles. The Morgan fingerprint density at radius 2 is 1.84 bits per heavy atom. The topological polar surface area (TPSA) is 90.8 Å². The highest BCUT2D eigenvalue weighted by molar-refractivity contribution is 5.97. The molecular formula is C23H27N5O3. The molecule has 2 N–H and O–H groups in total. The number of aromatic nitrogens is 2. The van der Waals surface area contributed by atoms with Crippen molar-refractivity contribution in [1.82, 2.24) is 20.2 Å². The molecule has 1 saturated heterocycles. The summed E-state index contributed by atoms with van der Waals surface area (Å²) in [5, 5.41) is 13.2. The second-order valence-corrected chi connectivity index (χ2v) is 7.58. The third kappa shape index (κ3) is 5.10. The van der Waals surface area contributed by atoms with Gasteiger partial charge in [0.2, 0.25) is 0 Å². The van der Waals surface area contributed by atoms with Crippen LogP contribution >= 0.6 is 0 Å². The van der Waals surface area contributed by atoms with E-state index in [1.54, 1.807) is 37.7 Å². The van der Waals surface area contributed by atoms with Crippen molar-refractivity contribution in [3.63, 3.8) is 0 Å². The summed E-state index contributed by atoms with van der Waals surface area (Å²) in [6.07, 6.45) is 2.58. The van der Waals surface area contributed by atoms with Gasteiger partial charge in [0.1, 0.15) is 5.75 Å². The first kappa shape index (κ1) is 21.0. The van der Waals surface area contributed by atoms with Gasteiger partial charge in [-0.3, -0.25) is 19.7 Å². The van der Waals surface area contributed by atoms with Gasteiger partial charge in [-0.1, -0.05) is 12.1 Å². The largest absolute Gasteiger partial charge is 0.495 e. The molecule has 1 fully saturated rings. The molecule has 1 unspecified atom stereocenters. The Labute approximate surface area is 181 Å². The maximum Gasteiger partial charge on any atom is 0.251 e. The molecule has 0 spiro atoms. The van der Waals surface area contributed by atoms with Crippen LogP contribution in [0, 0.1) is 0 Å². The fourth-order valence-electron chi connectivity index (χ4n) is 3.84. The molecule has 0 bridgehead atoms. The quantitative estimate of drug-likeness (QED) is 0.598. The number of piperazine rings is 1. The Balaban J connectivity index is 1.24. The Morgan fingerprint density at radius 3 is 2.61 bits per heavy atom. The summed E-state index contributed by atoms with van der Waals surface area (Å²) < 4.78 is 5.46. The van der Waals surface area contributed by atoms with Gasteiger partial charge in [-0.2, -0.15) is 0 Å². The smallest absolute Gasteiger partial charge is 0.251 e. The highest BCUT2D eigenvalue weighted by Crippen LogP contribution is 2.28. The molecule has 1 aliphatic heterocycles. The first-order valence-corrected chi connectivity index (χ1v) is 10.4. The number of para-hydroxylation sites is 2. The number of fused-ring (bicyclic) bond motifs is 1. The van der Waals surface area contributed by atoms with E-state index in [1.807, 2.05) is 18.2 Å². The van der Waals surface area contributed by atoms with Crippen LogP contribution in [0.3, 0.4) is 0 Å². The summed E-state index contributed by atoms with van der Waals surface area (Å²) in [7, 11) is 1.69. The molecule has 31 heavy (non-hydrogen) atoms. The van der Waals surface area contributed by atoms with Crippen molar-refractivity contribution in [1.29, 1.82) is 0 Å². The fraction of sp³-hybridized carbons (Fsp3) is 0.348. The number of nitrogens with zero attached hydrogens (tertiary/aromatic N) is 4. The summed E-state index contributed by atoms with van der Waals surface area (Å²) in [5.41, 5.74) is 3.01. The lowest BCUT2D eigenvalue weighted by Crippen LogP contribution is -2.50. The van der Waals surface area contributed by atoms with Gasteiger partial charge in [-0.15, -0.1) is 0 Å². The minimum atomic E-state index is -0.637. The molecule has 2 heterocycles. The monoisotopic (exact) mass is 421 g/mol. The molecule has 1 aliphatic rings. The molecule has 8 nitrogen and oxygen atoms in total. The van der Waals surface area contributed by atoms with Gasteiger partial charge in [0.25, 0.3) is 5.91 Å². The van der Waals surface area contributed by atoms with E-state index in [4.69, 9.17) is 4.74 Å². The molecule has 0 radical (unpaired) electrons. The second-order valence-electron chi connectivity index (χ2n) is 7.58. The van der Waals surface area contributed by atoms with E-state index >= 15 is 0 Å². The number of aliphatic hydroxyl groups excluding tert-OH is 1. The van der Waals surface area contributed by atoms with E-state index in [-0.39, 0.29) is 12.5 Å². The van der Waals surface area contributed by atoms with Gasteiger partial charge in [-0.05, 0) is 30.3 Å². The van der Waals surface area contributed by atoms with Gasteiger partial charge in [0.05, 0.1) is 29.9 Å². The summed E-state index contributed by atoms with van der Waals surface area (Å²) in [5.74, 6) is 0.644. The number of benzene rings is 2. The standard InChI is InChI=1S/C23H27N5O3/c1-31-22-5-3-2-4-21(22)28-12-10-27(11-13-28)16-18(29)15-26-23(30)17-6-7-19-20(14-17)25-9-8-24-19/h2-9,14,18,29H,10-13,15-16H2,1H3,(H,26,30). The summed E-state index contributed by atoms with van der Waals surface area (Å²) in [6, 6.07) is 13.2. The number of hydrogen-bond acceptors (Lipinski definition) is 7. The number of amides is 1. The first-order chi connectivity index (χ1) is 15.1. The number of ether oxygens (including phenoxy) is 1. The van der Waals surface area contributed by atoms with E-state index < -0.39 is 6.10 Å². The van der Waals surface area contributed by atoms with E-state index in [0.29, 0.717) is 17.6 Å². The summed E-state index contributed by atoms with van der Waals surface area (Å²) in [4.78, 5) is 25.4. The lowest BCUT2D eigenvalue weighted by Gasteiger charge is -2.37. The lowest BCUT2D eigenvalue weighted by atomic mass is 10.1. The number of carbonyl (C=O) groups excluding carboxylic acids is 1. The molecule has 1 aromatic heterocycles. The van der Waals surface area contributed by atoms with E-state index in [2.05, 4.69) is 31.2 Å². The van der Waals surface area contributed by atoms with Gasteiger partial charge >= 0.3 is 0 Å². The number of hydrogen-bond donors (Lipinski definition) is 2. The molecule has 1 atom stereocenters. The van der Waals surface area contributed by atoms with Crippen LogP contribution in [-0.4, -0.2) is 78.4 Å². The number of β-amino-alcohol motifs (C(OH)–C–C–N with tert-alkyl or cyclic N) is 1. The van der Waals surface area contributed by atoms with E-state index in [1.165, 1.54) is 0 Å². The van der Waals surface area contributed by atoms with Crippen LogP contribution in [0.2, 0.25) is 0 Å². The molecule has 4 rings (SSSR count). The van der Waals surface area contributed by atoms with Crippen molar-refractivity contribution in [3.05, 3.63) is 60.4 Å². The highest BCUT2D eigenvalue weighted by atomic mass is 16.5. The number of carbonyl (C=O) groups is 1. The van der Waals surface area contributed by atoms with Crippen LogP contribution in [-0.2, 0) is 0 Å². The Hall–Kier alpha value is -3.23. The van der Waals surface area contributed by atoms with Crippen molar-refractivity contribution in [3.8, 4) is 5.75 Å². The van der Waals surface area contributed by atoms with Crippen molar-refractivity contribution < 1.29 is 14.6 Å². The van der Waals surface area contributed by atoms with Gasteiger partial charge in [0, 0.05) is 57.2 Å². The first-order valence-electron chi connectivity index (χ1n) is 10.4. The predicted molar refractivity (Wildman–Crippen MR) is 120 cm³/mol. The van der Waals surface area contributed by atoms with Crippen LogP contribution in [0.25, 0.3) is 11.0 Å². The van der Waals surface area contributed by atoms with Gasteiger partial charge < -0.3 is 20.1 Å². The number of methoxy groups -OCH3 is 1. The minimum Gasteiger partial charge on any atom is -0.495 e. The maximum atomic E-state index is 12.4. The van der Waals surface area contributed by atoms with Crippen LogP contribution < -0.4 is 15.0 Å². The predicted octanol–water partition coefficient (Wildman–Crippen LogP) is 1.55. The average molecular weight is 422 g/mol. The third-order valence-corrected chi connectivity index (χ3v) is 5.50. The van der Waals surface area contributed by atoms with Crippen LogP contribution in [0.4, 0.5) is 5.69 Å². The summed E-state index contributed by atoms with van der Waals surface area (Å²) >= 11 is 0. The van der Waals surface area contributed by atoms with Crippen molar-refractivity contribution in [2.75, 3.05) is 51.3 Å². The molecule has 1 amide bonds. The van der Waals surface area contributed by atoms with Gasteiger partial charge in [0.15, 0.2) is 0 Å². The summed E-state index contributed by atoms with van der Waals surface area (Å²) in [6.45, 7) is 4.11. The third-order valence-electron chi connectivity index (χ3n) is 5.50. The zero-order valence-electron chi connectivity index (χ0n) is 17.6. The number of anilines is 1. The van der Waals surface area contributed by atoms with Crippen LogP contribution in [0.15, 0.2) is 54.9 Å². The number of nitrogens with one attached hydrogen (secondary N) is 1. The van der Waals surface area contributed by atoms with Crippen LogP contribution in [0.1, 0.15) is 10.4 Å². The molecule has 162 valence electrons. The molecular weight excluding hydrogens is 394 g/mol. The van der Waals surface area contributed by atoms with Crippen LogP contribution in [0.5, 0.6) is 5.75 Å². The zero-order valence-corrected chi connectivity index (χ0v) is 17.6. The maximum absolute atomic E-state index is 12.4. The molecule has 2 aromatic carbocycles. The number of rotatable bonds is 7. The van der Waals surface area contributed by atoms with Crippen molar-refractivity contribution >= 4 is 22.6 Å². The van der Waals surface area contributed by atoms with E-state index in [0.717, 1.165) is 43.1 Å². The molecule has 0 aliphatic carbocycles. The normalized spacial score (nSPS) is 15.6. The SMILES string of the molecule is COc1ccccc1N1CCN(CC(O)CNC(=O)c2ccc3nccnc3c2)CC1. The van der Waals surface area contributed by atoms with E-state index in [9.17, 15) is 9.90 Å². The number of aliphatic hydroxyl groups is 1. The highest BCUT2D eigenvalue weighted by Gasteiger charge is 2.21. The molecule has 3 aromatic rings. The minimum absolute atomic E-state index is 0.198. The Kier molecular flexibility index (Phi) is 6.59. The van der Waals surface area contributed by atoms with Crippen molar-refractivity contribution in [2.24, 2.45) is 0 Å². The second kappa shape index (κ2) is 9.72. The lowest BCUT2D eigenvalue weighted by molar-refractivity contribution is 0.0851. The fourth-order valence-corrected chi connectivity index (χ4v) is 3.84. The molecule has 8 heteroatoms. The van der Waals surface area contributed by atoms with Crippen molar-refractivity contribution in [2.45, 2.75) is 6.10 Å².